The normalized spacial score (nSPS) is 18.8. The number of carbonyl (C=O) groups is 2. The van der Waals surface area contributed by atoms with E-state index in [1.807, 2.05) is 36.6 Å². The zero-order chi connectivity index (χ0) is 19.7. The van der Waals surface area contributed by atoms with Crippen LogP contribution >= 0.6 is 11.3 Å². The summed E-state index contributed by atoms with van der Waals surface area (Å²) in [5.74, 6) is -0.888. The van der Waals surface area contributed by atoms with Gasteiger partial charge in [-0.25, -0.2) is 0 Å². The standard InChI is InChI=1S/C22H19NO4S/c1-2-14-7-9-15(10-8-14)20(24)18-19(17-6-4-12-28-17)23(22(26)21(18)25)13-16-5-3-11-27-16/h3-12,19,24H,2,13H2,1H3/b20-18-. The van der Waals surface area contributed by atoms with E-state index in [1.54, 1.807) is 24.3 Å². The molecule has 0 saturated carbocycles. The number of rotatable bonds is 5. The Hall–Kier alpha value is -3.12. The van der Waals surface area contributed by atoms with Gasteiger partial charge in [0.05, 0.1) is 18.4 Å². The smallest absolute Gasteiger partial charge is 0.296 e. The van der Waals surface area contributed by atoms with Gasteiger partial charge in [-0.05, 0) is 35.6 Å². The first-order chi connectivity index (χ1) is 13.6. The molecule has 28 heavy (non-hydrogen) atoms. The van der Waals surface area contributed by atoms with Gasteiger partial charge < -0.3 is 14.4 Å². The molecule has 1 N–H and O–H groups in total. The van der Waals surface area contributed by atoms with Crippen molar-refractivity contribution in [2.45, 2.75) is 25.9 Å². The molecular formula is C22H19NO4S. The Kier molecular flexibility index (Phi) is 4.88. The average molecular weight is 393 g/mol. The van der Waals surface area contributed by atoms with Gasteiger partial charge in [0.1, 0.15) is 17.6 Å². The second-order valence-electron chi connectivity index (χ2n) is 6.57. The first-order valence-electron chi connectivity index (χ1n) is 9.03. The molecule has 0 spiro atoms. The minimum atomic E-state index is -0.679. The van der Waals surface area contributed by atoms with Gasteiger partial charge in [0.15, 0.2) is 0 Å². The van der Waals surface area contributed by atoms with Gasteiger partial charge in [0, 0.05) is 10.4 Å². The van der Waals surface area contributed by atoms with Gasteiger partial charge in [-0.15, -0.1) is 11.3 Å². The summed E-state index contributed by atoms with van der Waals surface area (Å²) in [5.41, 5.74) is 1.77. The lowest BCUT2D eigenvalue weighted by Crippen LogP contribution is -2.28. The molecule has 4 rings (SSSR count). The maximum Gasteiger partial charge on any atom is 0.296 e. The third-order valence-electron chi connectivity index (χ3n) is 4.89. The van der Waals surface area contributed by atoms with E-state index in [1.165, 1.54) is 22.5 Å². The number of furan rings is 1. The van der Waals surface area contributed by atoms with Crippen LogP contribution in [0.3, 0.4) is 0 Å². The number of aryl methyl sites for hydroxylation is 1. The lowest BCUT2D eigenvalue weighted by molar-refractivity contribution is -0.140. The summed E-state index contributed by atoms with van der Waals surface area (Å²) < 4.78 is 5.37. The summed E-state index contributed by atoms with van der Waals surface area (Å²) in [5, 5.41) is 12.8. The summed E-state index contributed by atoms with van der Waals surface area (Å²) in [7, 11) is 0. The first kappa shape index (κ1) is 18.3. The number of amides is 1. The molecule has 0 radical (unpaired) electrons. The molecule has 1 amide bonds. The molecule has 6 heteroatoms. The Balaban J connectivity index is 1.81. The molecule has 142 valence electrons. The molecular weight excluding hydrogens is 374 g/mol. The van der Waals surface area contributed by atoms with E-state index in [2.05, 4.69) is 0 Å². The SMILES string of the molecule is CCc1ccc(/C(O)=C2/C(=O)C(=O)N(Cc3ccco3)C2c2cccs2)cc1. The third-order valence-corrected chi connectivity index (χ3v) is 5.82. The molecule has 5 nitrogen and oxygen atoms in total. The Morgan fingerprint density at radius 2 is 1.93 bits per heavy atom. The number of thiophene rings is 1. The number of ketones is 1. The van der Waals surface area contributed by atoms with Crippen LogP contribution in [0.4, 0.5) is 0 Å². The van der Waals surface area contributed by atoms with Crippen molar-refractivity contribution >= 4 is 28.8 Å². The van der Waals surface area contributed by atoms with E-state index in [4.69, 9.17) is 4.42 Å². The Bertz CT molecular complexity index is 1020. The molecule has 3 aromatic rings. The molecule has 1 aliphatic heterocycles. The predicted octanol–water partition coefficient (Wildman–Crippen LogP) is 4.53. The molecule has 3 heterocycles. The lowest BCUT2D eigenvalue weighted by Gasteiger charge is -2.23. The topological polar surface area (TPSA) is 70.8 Å². The molecule has 1 aliphatic rings. The zero-order valence-electron chi connectivity index (χ0n) is 15.3. The van der Waals surface area contributed by atoms with Crippen LogP contribution in [-0.4, -0.2) is 21.7 Å². The highest BCUT2D eigenvalue weighted by molar-refractivity contribution is 7.10. The molecule has 1 unspecified atom stereocenters. The molecule has 0 aliphatic carbocycles. The fourth-order valence-corrected chi connectivity index (χ4v) is 4.26. The number of likely N-dealkylation sites (tertiary alicyclic amines) is 1. The van der Waals surface area contributed by atoms with E-state index >= 15 is 0 Å². The van der Waals surface area contributed by atoms with Crippen molar-refractivity contribution in [1.82, 2.24) is 4.90 Å². The zero-order valence-corrected chi connectivity index (χ0v) is 16.1. The Labute approximate surface area is 166 Å². The molecule has 1 aromatic carbocycles. The predicted molar refractivity (Wildman–Crippen MR) is 107 cm³/mol. The van der Waals surface area contributed by atoms with Crippen molar-refractivity contribution in [2.24, 2.45) is 0 Å². The second kappa shape index (κ2) is 7.48. The molecule has 1 fully saturated rings. The van der Waals surface area contributed by atoms with E-state index in [-0.39, 0.29) is 17.9 Å². The lowest BCUT2D eigenvalue weighted by atomic mass is 9.99. The van der Waals surface area contributed by atoms with E-state index in [0.29, 0.717) is 11.3 Å². The highest BCUT2D eigenvalue weighted by Crippen LogP contribution is 2.41. The maximum atomic E-state index is 12.9. The summed E-state index contributed by atoms with van der Waals surface area (Å²) >= 11 is 1.44. The number of aliphatic hydroxyl groups excluding tert-OH is 1. The van der Waals surface area contributed by atoms with Crippen LogP contribution < -0.4 is 0 Å². The molecule has 2 aromatic heterocycles. The van der Waals surface area contributed by atoms with E-state index in [9.17, 15) is 14.7 Å². The van der Waals surface area contributed by atoms with Crippen molar-refractivity contribution in [3.63, 3.8) is 0 Å². The minimum Gasteiger partial charge on any atom is -0.507 e. The summed E-state index contributed by atoms with van der Waals surface area (Å²) in [6.45, 7) is 2.21. The number of nitrogens with zero attached hydrogens (tertiary/aromatic N) is 1. The maximum absolute atomic E-state index is 12.9. The van der Waals surface area contributed by atoms with Crippen LogP contribution in [0.25, 0.3) is 5.76 Å². The Morgan fingerprint density at radius 3 is 2.54 bits per heavy atom. The number of aliphatic hydroxyl groups is 1. The largest absolute Gasteiger partial charge is 0.507 e. The highest BCUT2D eigenvalue weighted by atomic mass is 32.1. The quantitative estimate of drug-likeness (QED) is 0.393. The van der Waals surface area contributed by atoms with E-state index < -0.39 is 17.7 Å². The van der Waals surface area contributed by atoms with Crippen molar-refractivity contribution in [2.75, 3.05) is 0 Å². The van der Waals surface area contributed by atoms with Gasteiger partial charge in [-0.3, -0.25) is 9.59 Å². The second-order valence-corrected chi connectivity index (χ2v) is 7.55. The van der Waals surface area contributed by atoms with Crippen LogP contribution in [-0.2, 0) is 22.6 Å². The number of hydrogen-bond donors (Lipinski definition) is 1. The summed E-state index contributed by atoms with van der Waals surface area (Å²) in [4.78, 5) is 27.9. The van der Waals surface area contributed by atoms with Gasteiger partial charge in [0.25, 0.3) is 11.7 Å². The monoisotopic (exact) mass is 393 g/mol. The van der Waals surface area contributed by atoms with Gasteiger partial charge >= 0.3 is 0 Å². The fraction of sp³-hybridized carbons (Fsp3) is 0.182. The average Bonchev–Trinajstić information content (AvgIpc) is 3.46. The third kappa shape index (κ3) is 3.16. The number of hydrogen-bond acceptors (Lipinski definition) is 5. The summed E-state index contributed by atoms with van der Waals surface area (Å²) in [6.07, 6.45) is 2.41. The van der Waals surface area contributed by atoms with Crippen LogP contribution in [0.2, 0.25) is 0 Å². The number of carbonyl (C=O) groups excluding carboxylic acids is 2. The molecule has 1 atom stereocenters. The Morgan fingerprint density at radius 1 is 1.14 bits per heavy atom. The van der Waals surface area contributed by atoms with Crippen LogP contribution in [0, 0.1) is 0 Å². The van der Waals surface area contributed by atoms with Crippen molar-refractivity contribution in [1.29, 1.82) is 0 Å². The van der Waals surface area contributed by atoms with Crippen molar-refractivity contribution in [3.8, 4) is 0 Å². The van der Waals surface area contributed by atoms with Gasteiger partial charge in [-0.1, -0.05) is 37.3 Å². The van der Waals surface area contributed by atoms with Crippen molar-refractivity contribution in [3.05, 3.63) is 87.5 Å². The summed E-state index contributed by atoms with van der Waals surface area (Å²) in [6, 6.07) is 14.0. The van der Waals surface area contributed by atoms with Gasteiger partial charge in [0.2, 0.25) is 0 Å². The first-order valence-corrected chi connectivity index (χ1v) is 9.91. The van der Waals surface area contributed by atoms with Crippen LogP contribution in [0.15, 0.2) is 70.2 Å². The minimum absolute atomic E-state index is 0.114. The fourth-order valence-electron chi connectivity index (χ4n) is 3.41. The van der Waals surface area contributed by atoms with Crippen LogP contribution in [0.1, 0.15) is 34.7 Å². The van der Waals surface area contributed by atoms with Gasteiger partial charge in [-0.2, -0.15) is 0 Å². The highest BCUT2D eigenvalue weighted by Gasteiger charge is 2.46. The molecule has 0 bridgehead atoms. The van der Waals surface area contributed by atoms with Crippen LogP contribution in [0.5, 0.6) is 0 Å². The van der Waals surface area contributed by atoms with E-state index in [0.717, 1.165) is 16.9 Å². The number of benzene rings is 1. The number of Topliss-reactive ketones (excluding diaryl/α,β-unsaturated/α-hetero) is 1. The molecule has 1 saturated heterocycles. The van der Waals surface area contributed by atoms with Crippen molar-refractivity contribution < 1.29 is 19.1 Å².